The number of aryl methyl sites for hydroxylation is 1. The van der Waals surface area contributed by atoms with E-state index in [1.165, 1.54) is 36.0 Å². The van der Waals surface area contributed by atoms with Gasteiger partial charge in [0.15, 0.2) is 5.69 Å². The van der Waals surface area contributed by atoms with Crippen molar-refractivity contribution < 1.29 is 19.1 Å². The number of hydrogen-bond acceptors (Lipinski definition) is 4. The van der Waals surface area contributed by atoms with Crippen molar-refractivity contribution in [2.75, 3.05) is 7.05 Å². The van der Waals surface area contributed by atoms with Crippen LogP contribution in [0.25, 0.3) is 5.69 Å². The van der Waals surface area contributed by atoms with E-state index in [2.05, 4.69) is 5.10 Å². The Morgan fingerprint density at radius 2 is 1.86 bits per heavy atom. The zero-order chi connectivity index (χ0) is 20.5. The molecule has 148 valence electrons. The van der Waals surface area contributed by atoms with Gasteiger partial charge in [-0.15, -0.1) is 0 Å². The first kappa shape index (κ1) is 19.7. The summed E-state index contributed by atoms with van der Waals surface area (Å²) in [5.74, 6) is -2.42. The van der Waals surface area contributed by atoms with Crippen LogP contribution < -0.4 is 5.43 Å². The van der Waals surface area contributed by atoms with Gasteiger partial charge in [0.1, 0.15) is 17.0 Å². The number of para-hydroxylation sites is 1. The van der Waals surface area contributed by atoms with Crippen molar-refractivity contribution in [1.29, 1.82) is 0 Å². The van der Waals surface area contributed by atoms with Crippen LogP contribution in [0.4, 0.5) is 4.39 Å². The normalized spacial score (nSPS) is 15.8. The molecule has 28 heavy (non-hydrogen) atoms. The number of rotatable bonds is 4. The van der Waals surface area contributed by atoms with Crippen LogP contribution in [-0.2, 0) is 4.79 Å². The van der Waals surface area contributed by atoms with Gasteiger partial charge in [-0.1, -0.05) is 31.4 Å². The Morgan fingerprint density at radius 1 is 1.21 bits per heavy atom. The Bertz CT molecular complexity index is 980. The Kier molecular flexibility index (Phi) is 5.31. The number of aromatic nitrogens is 2. The monoisotopic (exact) mass is 387 g/mol. The van der Waals surface area contributed by atoms with E-state index in [0.717, 1.165) is 11.3 Å². The highest BCUT2D eigenvalue weighted by atomic mass is 19.1. The summed E-state index contributed by atoms with van der Waals surface area (Å²) in [7, 11) is 1.39. The van der Waals surface area contributed by atoms with Gasteiger partial charge >= 0.3 is 5.97 Å². The minimum atomic E-state index is -1.36. The Balaban J connectivity index is 2.07. The van der Waals surface area contributed by atoms with Crippen molar-refractivity contribution in [3.05, 3.63) is 57.8 Å². The second-order valence-corrected chi connectivity index (χ2v) is 7.12. The number of carboxylic acid groups (broad SMARTS) is 1. The van der Waals surface area contributed by atoms with Crippen LogP contribution >= 0.6 is 0 Å². The number of carboxylic acids is 1. The van der Waals surface area contributed by atoms with Crippen LogP contribution in [0.3, 0.4) is 0 Å². The minimum Gasteiger partial charge on any atom is -0.479 e. The van der Waals surface area contributed by atoms with Gasteiger partial charge in [0.05, 0.1) is 0 Å². The molecular formula is C20H22FN3O4. The van der Waals surface area contributed by atoms with E-state index >= 15 is 0 Å². The van der Waals surface area contributed by atoms with Crippen LogP contribution in [0.1, 0.15) is 48.3 Å². The molecule has 1 aliphatic carbocycles. The van der Waals surface area contributed by atoms with Crippen LogP contribution in [0, 0.1) is 12.7 Å². The van der Waals surface area contributed by atoms with E-state index in [-0.39, 0.29) is 5.69 Å². The number of nitrogens with zero attached hydrogens (tertiary/aromatic N) is 3. The standard InChI is InChI=1S/C20H22FN3O4/c1-13-12-16(25)17(22-24(13)15-9-5-4-8-14(15)21)18(26)23(2)20(19(27)28)10-6-3-7-11-20/h4-5,8-9,12H,3,6-7,10-11H2,1-2H3,(H,27,28). The first-order valence-electron chi connectivity index (χ1n) is 9.15. The first-order chi connectivity index (χ1) is 13.3. The zero-order valence-corrected chi connectivity index (χ0v) is 15.8. The second kappa shape index (κ2) is 7.53. The molecule has 7 nitrogen and oxygen atoms in total. The lowest BCUT2D eigenvalue weighted by Gasteiger charge is -2.40. The molecule has 3 rings (SSSR count). The summed E-state index contributed by atoms with van der Waals surface area (Å²) in [6.07, 6.45) is 2.91. The van der Waals surface area contributed by atoms with Gasteiger partial charge in [-0.25, -0.2) is 13.9 Å². The van der Waals surface area contributed by atoms with Crippen molar-refractivity contribution in [3.8, 4) is 5.69 Å². The highest BCUT2D eigenvalue weighted by Crippen LogP contribution is 2.34. The summed E-state index contributed by atoms with van der Waals surface area (Å²) in [5, 5.41) is 13.9. The predicted octanol–water partition coefficient (Wildman–Crippen LogP) is 2.54. The topological polar surface area (TPSA) is 92.5 Å². The largest absolute Gasteiger partial charge is 0.479 e. The number of carbonyl (C=O) groups excluding carboxylic acids is 1. The number of halogens is 1. The molecule has 1 fully saturated rings. The summed E-state index contributed by atoms with van der Waals surface area (Å²) in [4.78, 5) is 38.6. The molecule has 1 aromatic heterocycles. The van der Waals surface area contributed by atoms with E-state index < -0.39 is 34.4 Å². The molecule has 2 aromatic rings. The highest BCUT2D eigenvalue weighted by molar-refractivity contribution is 5.96. The maximum atomic E-state index is 14.2. The molecule has 1 aromatic carbocycles. The molecule has 8 heteroatoms. The molecule has 1 amide bonds. The van der Waals surface area contributed by atoms with E-state index in [0.29, 0.717) is 31.4 Å². The number of amides is 1. The lowest BCUT2D eigenvalue weighted by molar-refractivity contribution is -0.151. The van der Waals surface area contributed by atoms with Crippen LogP contribution in [0.15, 0.2) is 35.1 Å². The van der Waals surface area contributed by atoms with E-state index in [1.54, 1.807) is 13.0 Å². The van der Waals surface area contributed by atoms with Gasteiger partial charge in [0.2, 0.25) is 5.43 Å². The van der Waals surface area contributed by atoms with E-state index in [1.807, 2.05) is 0 Å². The highest BCUT2D eigenvalue weighted by Gasteiger charge is 2.46. The summed E-state index contributed by atoms with van der Waals surface area (Å²) >= 11 is 0. The molecule has 1 saturated carbocycles. The minimum absolute atomic E-state index is 0.0994. The predicted molar refractivity (Wildman–Crippen MR) is 100 cm³/mol. The Labute approximate surface area is 161 Å². The summed E-state index contributed by atoms with van der Waals surface area (Å²) in [5.41, 5.74) is -1.96. The number of benzene rings is 1. The van der Waals surface area contributed by atoms with Gasteiger partial charge in [-0.05, 0) is 31.9 Å². The lowest BCUT2D eigenvalue weighted by Crippen LogP contribution is -2.57. The molecule has 1 aliphatic rings. The SMILES string of the molecule is Cc1cc(=O)c(C(=O)N(C)C2(C(=O)O)CCCCC2)nn1-c1ccccc1F. The molecule has 0 saturated heterocycles. The third-order valence-electron chi connectivity index (χ3n) is 5.42. The molecule has 1 heterocycles. The number of likely N-dealkylation sites (N-methyl/N-ethyl adjacent to an activating group) is 1. The quantitative estimate of drug-likeness (QED) is 0.870. The number of hydrogen-bond donors (Lipinski definition) is 1. The van der Waals surface area contributed by atoms with Gasteiger partial charge in [0.25, 0.3) is 5.91 Å². The van der Waals surface area contributed by atoms with Crippen LogP contribution in [-0.4, -0.2) is 44.3 Å². The third kappa shape index (κ3) is 3.30. The molecule has 0 spiro atoms. The van der Waals surface area contributed by atoms with Crippen molar-refractivity contribution in [1.82, 2.24) is 14.7 Å². The van der Waals surface area contributed by atoms with Crippen molar-refractivity contribution >= 4 is 11.9 Å². The third-order valence-corrected chi connectivity index (χ3v) is 5.42. The van der Waals surface area contributed by atoms with Gasteiger partial charge in [-0.3, -0.25) is 9.59 Å². The lowest BCUT2D eigenvalue weighted by atomic mass is 9.80. The fraction of sp³-hybridized carbons (Fsp3) is 0.400. The van der Waals surface area contributed by atoms with E-state index in [9.17, 15) is 23.9 Å². The average molecular weight is 387 g/mol. The van der Waals surface area contributed by atoms with Crippen LogP contribution in [0.5, 0.6) is 0 Å². The van der Waals surface area contributed by atoms with Crippen LogP contribution in [0.2, 0.25) is 0 Å². The fourth-order valence-electron chi connectivity index (χ4n) is 3.75. The molecule has 0 unspecified atom stereocenters. The fourth-order valence-corrected chi connectivity index (χ4v) is 3.75. The maximum Gasteiger partial charge on any atom is 0.329 e. The Hall–Kier alpha value is -3.03. The average Bonchev–Trinajstić information content (AvgIpc) is 2.68. The summed E-state index contributed by atoms with van der Waals surface area (Å²) < 4.78 is 15.4. The number of aliphatic carboxylic acids is 1. The van der Waals surface area contributed by atoms with Gasteiger partial charge in [0, 0.05) is 18.8 Å². The summed E-state index contributed by atoms with van der Waals surface area (Å²) in [6, 6.07) is 7.08. The van der Waals surface area contributed by atoms with Crippen molar-refractivity contribution in [2.45, 2.75) is 44.6 Å². The summed E-state index contributed by atoms with van der Waals surface area (Å²) in [6.45, 7) is 1.58. The van der Waals surface area contributed by atoms with Gasteiger partial charge in [-0.2, -0.15) is 5.10 Å². The molecule has 0 atom stereocenters. The molecule has 0 aliphatic heterocycles. The Morgan fingerprint density at radius 3 is 2.46 bits per heavy atom. The molecule has 0 bridgehead atoms. The molecule has 0 radical (unpaired) electrons. The second-order valence-electron chi connectivity index (χ2n) is 7.12. The smallest absolute Gasteiger partial charge is 0.329 e. The van der Waals surface area contributed by atoms with E-state index in [4.69, 9.17) is 0 Å². The zero-order valence-electron chi connectivity index (χ0n) is 15.8. The molecule has 1 N–H and O–H groups in total. The van der Waals surface area contributed by atoms with Gasteiger partial charge < -0.3 is 10.0 Å². The van der Waals surface area contributed by atoms with Crippen molar-refractivity contribution in [3.63, 3.8) is 0 Å². The number of carbonyl (C=O) groups is 2. The first-order valence-corrected chi connectivity index (χ1v) is 9.15. The maximum absolute atomic E-state index is 14.2. The molecular weight excluding hydrogens is 365 g/mol. The van der Waals surface area contributed by atoms with Crippen molar-refractivity contribution in [2.24, 2.45) is 0 Å².